The lowest BCUT2D eigenvalue weighted by Crippen LogP contribution is -2.21. The van der Waals surface area contributed by atoms with E-state index in [0.29, 0.717) is 41.9 Å². The van der Waals surface area contributed by atoms with E-state index in [1.54, 1.807) is 0 Å². The summed E-state index contributed by atoms with van der Waals surface area (Å²) in [6.45, 7) is 2.81. The third kappa shape index (κ3) is 4.51. The molecule has 0 saturated heterocycles. The second kappa shape index (κ2) is 8.00. The highest BCUT2D eigenvalue weighted by Crippen LogP contribution is 2.47. The molecule has 7 nitrogen and oxygen atoms in total. The quantitative estimate of drug-likeness (QED) is 0.531. The molecule has 0 bridgehead atoms. The molecule has 2 aliphatic carbocycles. The van der Waals surface area contributed by atoms with E-state index in [9.17, 15) is 31.7 Å². The number of alkyl halides is 3. The van der Waals surface area contributed by atoms with Crippen molar-refractivity contribution in [2.24, 2.45) is 9.50 Å². The number of nitrogens with two attached hydrogens (primary N) is 1. The summed E-state index contributed by atoms with van der Waals surface area (Å²) < 4.78 is 70.6. The maximum atomic E-state index is 14.4. The Bertz CT molecular complexity index is 1260. The lowest BCUT2D eigenvalue weighted by atomic mass is 10.0. The molecule has 2 heterocycles. The molecule has 0 radical (unpaired) electrons. The fourth-order valence-electron chi connectivity index (χ4n) is 4.23. The van der Waals surface area contributed by atoms with Crippen molar-refractivity contribution in [2.45, 2.75) is 67.9 Å². The highest BCUT2D eigenvalue weighted by atomic mass is 32.2. The number of thiophene rings is 1. The maximum Gasteiger partial charge on any atom is 0.397 e. The summed E-state index contributed by atoms with van der Waals surface area (Å²) >= 11 is 0.631. The summed E-state index contributed by atoms with van der Waals surface area (Å²) in [6, 6.07) is -0.183. The largest absolute Gasteiger partial charge is 0.397 e. The Kier molecular flexibility index (Phi) is 5.83. The van der Waals surface area contributed by atoms with Crippen LogP contribution in [0.25, 0.3) is 0 Å². The fourth-order valence-corrected chi connectivity index (χ4v) is 6.57. The second-order valence-corrected chi connectivity index (χ2v) is 11.7. The van der Waals surface area contributed by atoms with E-state index in [0.717, 1.165) is 6.07 Å². The number of aromatic nitrogens is 1. The highest BCUT2D eigenvalue weighted by molar-refractivity contribution is 7.93. The number of carbonyl (C=O) groups excluding carboxylic acids is 1. The van der Waals surface area contributed by atoms with Gasteiger partial charge >= 0.3 is 12.2 Å². The number of hydrogen-bond acceptors (Lipinski definition) is 5. The van der Waals surface area contributed by atoms with Crippen molar-refractivity contribution in [3.05, 3.63) is 39.3 Å². The standard InChI is InChI=1S/C20H22F4N4O3S2/c1-19(2,30)14-8-12(21)17(32-14)33(25,31)28-18(29)27-15-9-4-3-5-13(9)26-16-10(15)6-7-11(16)20(22,23)24/h8,11,30H,3-7H2,1-2H3,(H3,25,26,27,28,29,31). The van der Waals surface area contributed by atoms with Gasteiger partial charge in [-0.05, 0) is 63.1 Å². The average Bonchev–Trinajstić information content (AvgIpc) is 3.37. The zero-order valence-electron chi connectivity index (χ0n) is 17.8. The van der Waals surface area contributed by atoms with Crippen LogP contribution in [-0.2, 0) is 34.8 Å². The van der Waals surface area contributed by atoms with E-state index in [1.165, 1.54) is 13.8 Å². The molecule has 0 saturated carbocycles. The summed E-state index contributed by atoms with van der Waals surface area (Å²) in [5.74, 6) is -2.69. The van der Waals surface area contributed by atoms with Gasteiger partial charge in [-0.2, -0.15) is 13.2 Å². The number of fused-ring (bicyclic) bond motifs is 2. The molecular weight excluding hydrogens is 484 g/mol. The van der Waals surface area contributed by atoms with Gasteiger partial charge in [0.15, 0.2) is 19.9 Å². The van der Waals surface area contributed by atoms with Crippen molar-refractivity contribution in [2.75, 3.05) is 5.32 Å². The predicted molar refractivity (Wildman–Crippen MR) is 115 cm³/mol. The first-order valence-corrected chi connectivity index (χ1v) is 12.6. The molecule has 2 aliphatic rings. The number of amides is 2. The SMILES string of the molecule is CC(C)(O)c1cc(F)c(S(N)(=O)=NC(=O)Nc2c3c(nc4c2CCC4C(F)(F)F)CCC3)s1. The Labute approximate surface area is 191 Å². The number of carbonyl (C=O) groups is 1. The van der Waals surface area contributed by atoms with Crippen LogP contribution in [0.5, 0.6) is 0 Å². The van der Waals surface area contributed by atoms with Gasteiger partial charge in [0, 0.05) is 10.6 Å². The summed E-state index contributed by atoms with van der Waals surface area (Å²) in [6.07, 6.45) is -2.88. The zero-order chi connectivity index (χ0) is 24.3. The molecule has 0 fully saturated rings. The number of pyridine rings is 1. The van der Waals surface area contributed by atoms with Crippen LogP contribution in [0, 0.1) is 5.82 Å². The van der Waals surface area contributed by atoms with Crippen LogP contribution in [0.3, 0.4) is 0 Å². The van der Waals surface area contributed by atoms with Gasteiger partial charge in [-0.1, -0.05) is 0 Å². The molecule has 2 unspecified atom stereocenters. The minimum absolute atomic E-state index is 0.0713. The zero-order valence-corrected chi connectivity index (χ0v) is 19.4. The molecule has 0 aliphatic heterocycles. The summed E-state index contributed by atoms with van der Waals surface area (Å²) in [4.78, 5) is 17.0. The van der Waals surface area contributed by atoms with Crippen molar-refractivity contribution in [3.63, 3.8) is 0 Å². The van der Waals surface area contributed by atoms with Crippen molar-refractivity contribution in [1.82, 2.24) is 4.98 Å². The fraction of sp³-hybridized carbons (Fsp3) is 0.500. The molecule has 33 heavy (non-hydrogen) atoms. The first-order chi connectivity index (χ1) is 15.2. The number of anilines is 1. The monoisotopic (exact) mass is 506 g/mol. The molecule has 180 valence electrons. The van der Waals surface area contributed by atoms with Crippen LogP contribution in [-0.4, -0.2) is 26.5 Å². The minimum atomic E-state index is -4.46. The van der Waals surface area contributed by atoms with Gasteiger partial charge < -0.3 is 10.4 Å². The molecule has 0 aromatic carbocycles. The highest BCUT2D eigenvalue weighted by Gasteiger charge is 2.47. The molecule has 4 rings (SSSR count). The van der Waals surface area contributed by atoms with E-state index in [-0.39, 0.29) is 34.7 Å². The smallest absolute Gasteiger partial charge is 0.385 e. The Morgan fingerprint density at radius 2 is 2.00 bits per heavy atom. The maximum absolute atomic E-state index is 14.4. The third-order valence-electron chi connectivity index (χ3n) is 5.74. The number of nitrogens with zero attached hydrogens (tertiary/aromatic N) is 2. The van der Waals surface area contributed by atoms with Crippen LogP contribution in [0.1, 0.15) is 60.0 Å². The molecule has 13 heteroatoms. The van der Waals surface area contributed by atoms with Gasteiger partial charge in [-0.3, -0.25) is 4.98 Å². The summed E-state index contributed by atoms with van der Waals surface area (Å²) in [5.41, 5.74) is 0.0900. The van der Waals surface area contributed by atoms with E-state index in [1.807, 2.05) is 0 Å². The van der Waals surface area contributed by atoms with Gasteiger partial charge in [-0.25, -0.2) is 18.5 Å². The molecule has 0 spiro atoms. The van der Waals surface area contributed by atoms with Crippen molar-refractivity contribution in [1.29, 1.82) is 0 Å². The van der Waals surface area contributed by atoms with Gasteiger partial charge in [0.25, 0.3) is 0 Å². The van der Waals surface area contributed by atoms with Crippen LogP contribution in [0.4, 0.5) is 28.0 Å². The number of rotatable bonds is 3. The number of urea groups is 1. The summed E-state index contributed by atoms with van der Waals surface area (Å²) in [5, 5.41) is 18.2. The molecular formula is C20H22F4N4O3S2. The Morgan fingerprint density at radius 1 is 1.30 bits per heavy atom. The van der Waals surface area contributed by atoms with E-state index in [2.05, 4.69) is 14.7 Å². The first kappa shape index (κ1) is 24.0. The van der Waals surface area contributed by atoms with E-state index >= 15 is 0 Å². The molecule has 2 aromatic rings. The van der Waals surface area contributed by atoms with Crippen molar-refractivity contribution >= 4 is 33.0 Å². The van der Waals surface area contributed by atoms with Crippen LogP contribution in [0.2, 0.25) is 0 Å². The normalized spacial score (nSPS) is 19.7. The third-order valence-corrected chi connectivity index (χ3v) is 9.09. The molecule has 2 atom stereocenters. The number of hydrogen-bond donors (Lipinski definition) is 3. The van der Waals surface area contributed by atoms with Crippen LogP contribution in [0.15, 0.2) is 14.6 Å². The Hall–Kier alpha value is -2.09. The molecule has 2 amide bonds. The molecule has 2 aromatic heterocycles. The lowest BCUT2D eigenvalue weighted by Gasteiger charge is -2.18. The topological polar surface area (TPSA) is 118 Å². The number of aliphatic hydroxyl groups is 1. The number of nitrogens with one attached hydrogen (secondary N) is 1. The van der Waals surface area contributed by atoms with Gasteiger partial charge in [0.2, 0.25) is 0 Å². The number of halogens is 4. The predicted octanol–water partition coefficient (Wildman–Crippen LogP) is 4.52. The van der Waals surface area contributed by atoms with Gasteiger partial charge in [-0.15, -0.1) is 15.7 Å². The Morgan fingerprint density at radius 3 is 2.61 bits per heavy atom. The Balaban J connectivity index is 1.71. The molecule has 4 N–H and O–H groups in total. The second-order valence-electron chi connectivity index (χ2n) is 8.66. The van der Waals surface area contributed by atoms with Crippen molar-refractivity contribution in [3.8, 4) is 0 Å². The van der Waals surface area contributed by atoms with Gasteiger partial charge in [0.05, 0.1) is 22.9 Å². The van der Waals surface area contributed by atoms with Crippen molar-refractivity contribution < 1.29 is 31.7 Å². The average molecular weight is 507 g/mol. The minimum Gasteiger partial charge on any atom is -0.385 e. The van der Waals surface area contributed by atoms with E-state index < -0.39 is 43.7 Å². The van der Waals surface area contributed by atoms with Crippen LogP contribution >= 0.6 is 11.3 Å². The van der Waals surface area contributed by atoms with Gasteiger partial charge in [0.1, 0.15) is 0 Å². The van der Waals surface area contributed by atoms with E-state index in [4.69, 9.17) is 5.14 Å². The number of aryl methyl sites for hydroxylation is 1. The van der Waals surface area contributed by atoms with Crippen LogP contribution < -0.4 is 10.5 Å². The lowest BCUT2D eigenvalue weighted by molar-refractivity contribution is -0.150. The first-order valence-electron chi connectivity index (χ1n) is 10.2. The summed E-state index contributed by atoms with van der Waals surface area (Å²) in [7, 11) is -4.01.